The zero-order chi connectivity index (χ0) is 19.1. The highest BCUT2D eigenvalue weighted by atomic mass is 19.4. The summed E-state index contributed by atoms with van der Waals surface area (Å²) in [4.78, 5) is 28.3. The predicted molar refractivity (Wildman–Crippen MR) is 88.9 cm³/mol. The van der Waals surface area contributed by atoms with Crippen molar-refractivity contribution >= 4 is 11.8 Å². The van der Waals surface area contributed by atoms with E-state index < -0.39 is 23.7 Å². The van der Waals surface area contributed by atoms with Gasteiger partial charge in [0.2, 0.25) is 11.8 Å². The van der Waals surface area contributed by atoms with Crippen molar-refractivity contribution in [2.45, 2.75) is 37.5 Å². The summed E-state index contributed by atoms with van der Waals surface area (Å²) >= 11 is 0. The Bertz CT molecular complexity index is 690. The van der Waals surface area contributed by atoms with Gasteiger partial charge < -0.3 is 15.5 Å². The van der Waals surface area contributed by atoms with Crippen LogP contribution in [0.5, 0.6) is 0 Å². The molecule has 8 heteroatoms. The average Bonchev–Trinajstić information content (AvgIpc) is 2.89. The van der Waals surface area contributed by atoms with Crippen LogP contribution >= 0.6 is 0 Å². The van der Waals surface area contributed by atoms with Crippen molar-refractivity contribution in [3.8, 4) is 0 Å². The summed E-state index contributed by atoms with van der Waals surface area (Å²) in [6.07, 6.45) is -2.69. The van der Waals surface area contributed by atoms with Crippen LogP contribution in [0.2, 0.25) is 0 Å². The highest BCUT2D eigenvalue weighted by Gasteiger charge is 2.44. The fraction of sp³-hybridized carbons (Fsp3) is 0.556. The van der Waals surface area contributed by atoms with E-state index in [2.05, 4.69) is 0 Å². The Morgan fingerprint density at radius 3 is 2.46 bits per heavy atom. The van der Waals surface area contributed by atoms with Gasteiger partial charge in [-0.15, -0.1) is 0 Å². The molecule has 2 fully saturated rings. The fourth-order valence-corrected chi connectivity index (χ4v) is 3.86. The number of halogens is 3. The molecule has 2 aliphatic heterocycles. The number of hydrogen-bond donors (Lipinski definition) is 1. The van der Waals surface area contributed by atoms with Gasteiger partial charge >= 0.3 is 6.18 Å². The highest BCUT2D eigenvalue weighted by Crippen LogP contribution is 2.39. The molecule has 2 saturated heterocycles. The fourth-order valence-electron chi connectivity index (χ4n) is 3.86. The van der Waals surface area contributed by atoms with Gasteiger partial charge in [-0.25, -0.2) is 0 Å². The van der Waals surface area contributed by atoms with E-state index in [1.807, 2.05) is 0 Å². The van der Waals surface area contributed by atoms with Crippen LogP contribution in [-0.2, 0) is 15.8 Å². The number of benzene rings is 1. The molecular weight excluding hydrogens is 347 g/mol. The molecule has 2 N–H and O–H groups in total. The molecule has 0 saturated carbocycles. The second kappa shape index (κ2) is 6.90. The third-order valence-corrected chi connectivity index (χ3v) is 5.25. The summed E-state index contributed by atoms with van der Waals surface area (Å²) < 4.78 is 38.3. The second-order valence-corrected chi connectivity index (χ2v) is 7.07. The summed E-state index contributed by atoms with van der Waals surface area (Å²) in [7, 11) is 1.58. The van der Waals surface area contributed by atoms with Gasteiger partial charge in [0.05, 0.1) is 17.5 Å². The summed E-state index contributed by atoms with van der Waals surface area (Å²) in [5.74, 6) is -0.938. The molecule has 0 unspecified atom stereocenters. The van der Waals surface area contributed by atoms with Crippen LogP contribution in [0, 0.1) is 5.92 Å². The Morgan fingerprint density at radius 2 is 1.88 bits per heavy atom. The largest absolute Gasteiger partial charge is 0.416 e. The Hall–Kier alpha value is -2.09. The number of alkyl halides is 3. The van der Waals surface area contributed by atoms with E-state index in [0.29, 0.717) is 18.7 Å². The molecule has 1 aromatic carbocycles. The number of hydrogen-bond acceptors (Lipinski definition) is 3. The van der Waals surface area contributed by atoms with E-state index >= 15 is 0 Å². The molecule has 0 aliphatic carbocycles. The maximum atomic E-state index is 13.0. The van der Waals surface area contributed by atoms with Crippen LogP contribution < -0.4 is 5.73 Å². The van der Waals surface area contributed by atoms with Crippen LogP contribution in [0.1, 0.15) is 36.4 Å². The molecule has 0 aromatic heterocycles. The topological polar surface area (TPSA) is 66.6 Å². The van der Waals surface area contributed by atoms with Crippen LogP contribution in [0.3, 0.4) is 0 Å². The molecule has 5 nitrogen and oxygen atoms in total. The van der Waals surface area contributed by atoms with Gasteiger partial charge in [0, 0.05) is 32.6 Å². The van der Waals surface area contributed by atoms with Gasteiger partial charge in [0.15, 0.2) is 0 Å². The Morgan fingerprint density at radius 1 is 1.23 bits per heavy atom. The smallest absolute Gasteiger partial charge is 0.341 e. The van der Waals surface area contributed by atoms with Gasteiger partial charge in [-0.1, -0.05) is 12.1 Å². The van der Waals surface area contributed by atoms with Crippen molar-refractivity contribution in [1.29, 1.82) is 0 Å². The van der Waals surface area contributed by atoms with Crippen LogP contribution in [-0.4, -0.2) is 47.8 Å². The molecule has 3 rings (SSSR count). The van der Waals surface area contributed by atoms with Crippen molar-refractivity contribution in [3.05, 3.63) is 35.4 Å². The lowest BCUT2D eigenvalue weighted by Crippen LogP contribution is -2.48. The maximum Gasteiger partial charge on any atom is 0.416 e. The van der Waals surface area contributed by atoms with Gasteiger partial charge in [-0.3, -0.25) is 9.59 Å². The molecule has 142 valence electrons. The first-order valence-electron chi connectivity index (χ1n) is 8.65. The van der Waals surface area contributed by atoms with Crippen LogP contribution in [0.4, 0.5) is 13.2 Å². The summed E-state index contributed by atoms with van der Waals surface area (Å²) in [5, 5.41) is 0. The summed E-state index contributed by atoms with van der Waals surface area (Å²) in [6, 6.07) is 4.05. The molecule has 2 aliphatic rings. The number of likely N-dealkylation sites (tertiary alicyclic amines) is 2. The molecule has 1 aromatic rings. The first-order valence-corrected chi connectivity index (χ1v) is 8.65. The Balaban J connectivity index is 1.85. The number of nitrogens with zero attached hydrogens (tertiary/aromatic N) is 2. The second-order valence-electron chi connectivity index (χ2n) is 7.07. The Labute approximate surface area is 149 Å². The lowest BCUT2D eigenvalue weighted by Gasteiger charge is -2.34. The van der Waals surface area contributed by atoms with Gasteiger partial charge in [0.1, 0.15) is 0 Å². The number of carbonyl (C=O) groups excluding carboxylic acids is 2. The molecule has 2 heterocycles. The van der Waals surface area contributed by atoms with Crippen molar-refractivity contribution in [1.82, 2.24) is 9.80 Å². The SMILES string of the molecule is CN1C(=O)C[C@H](C(=O)N2CCC[C@H](N)C2)[C@@H]1c1ccc(C(F)(F)F)cc1. The van der Waals surface area contributed by atoms with E-state index in [0.717, 1.165) is 25.0 Å². The van der Waals surface area contributed by atoms with Crippen molar-refractivity contribution in [2.24, 2.45) is 11.7 Å². The van der Waals surface area contributed by atoms with E-state index in [9.17, 15) is 22.8 Å². The van der Waals surface area contributed by atoms with Gasteiger partial charge in [0.25, 0.3) is 0 Å². The third-order valence-electron chi connectivity index (χ3n) is 5.25. The van der Waals surface area contributed by atoms with E-state index in [-0.39, 0.29) is 24.3 Å². The third kappa shape index (κ3) is 3.56. The van der Waals surface area contributed by atoms with Crippen molar-refractivity contribution in [3.63, 3.8) is 0 Å². The number of amides is 2. The molecule has 26 heavy (non-hydrogen) atoms. The molecular formula is C18H22F3N3O2. The van der Waals surface area contributed by atoms with E-state index in [4.69, 9.17) is 5.73 Å². The van der Waals surface area contributed by atoms with Crippen LogP contribution in [0.15, 0.2) is 24.3 Å². The monoisotopic (exact) mass is 369 g/mol. The lowest BCUT2D eigenvalue weighted by atomic mass is 9.91. The normalized spacial score (nSPS) is 27.1. The first-order chi connectivity index (χ1) is 12.2. The lowest BCUT2D eigenvalue weighted by molar-refractivity contribution is -0.138. The first kappa shape index (κ1) is 18.7. The minimum atomic E-state index is -4.42. The maximum absolute atomic E-state index is 13.0. The zero-order valence-electron chi connectivity index (χ0n) is 14.5. The number of carbonyl (C=O) groups is 2. The number of rotatable bonds is 2. The van der Waals surface area contributed by atoms with E-state index in [1.165, 1.54) is 17.0 Å². The molecule has 3 atom stereocenters. The van der Waals surface area contributed by atoms with Gasteiger partial charge in [-0.05, 0) is 30.5 Å². The predicted octanol–water partition coefficient (Wildman–Crippen LogP) is 2.17. The van der Waals surface area contributed by atoms with E-state index in [1.54, 1.807) is 11.9 Å². The van der Waals surface area contributed by atoms with Crippen LogP contribution in [0.25, 0.3) is 0 Å². The molecule has 0 bridgehead atoms. The number of nitrogens with two attached hydrogens (primary N) is 1. The van der Waals surface area contributed by atoms with Gasteiger partial charge in [-0.2, -0.15) is 13.2 Å². The minimum absolute atomic E-state index is 0.0623. The summed E-state index contributed by atoms with van der Waals surface area (Å²) in [5.41, 5.74) is 5.72. The summed E-state index contributed by atoms with van der Waals surface area (Å²) in [6.45, 7) is 1.05. The number of piperidine rings is 1. The molecule has 0 radical (unpaired) electrons. The quantitative estimate of drug-likeness (QED) is 0.869. The standard InChI is InChI=1S/C18H22F3N3O2/c1-23-15(25)9-14(17(26)24-8-2-3-13(22)10-24)16(23)11-4-6-12(7-5-11)18(19,20)21/h4-7,13-14,16H,2-3,8-10,22H2,1H3/t13-,14-,16-/m0/s1. The Kier molecular flexibility index (Phi) is 4.96. The highest BCUT2D eigenvalue weighted by molar-refractivity contribution is 5.90. The zero-order valence-corrected chi connectivity index (χ0v) is 14.5. The molecule has 0 spiro atoms. The molecule has 2 amide bonds. The van der Waals surface area contributed by atoms with Crippen molar-refractivity contribution < 1.29 is 22.8 Å². The minimum Gasteiger partial charge on any atom is -0.341 e. The average molecular weight is 369 g/mol. The van der Waals surface area contributed by atoms with Crippen molar-refractivity contribution in [2.75, 3.05) is 20.1 Å².